The minimum absolute atomic E-state index is 0.0564. The summed E-state index contributed by atoms with van der Waals surface area (Å²) in [5, 5.41) is 0. The first kappa shape index (κ1) is 18.6. The van der Waals surface area contributed by atoms with E-state index in [9.17, 15) is 13.6 Å². The van der Waals surface area contributed by atoms with Gasteiger partial charge in [-0.05, 0) is 25.7 Å². The van der Waals surface area contributed by atoms with Gasteiger partial charge in [0.15, 0.2) is 11.6 Å². The van der Waals surface area contributed by atoms with Crippen molar-refractivity contribution < 1.29 is 13.6 Å². The number of hydrogen-bond donors (Lipinski definition) is 1. The molecule has 6 heteroatoms. The maximum atomic E-state index is 14.1. The maximum Gasteiger partial charge on any atom is 0.240 e. The van der Waals surface area contributed by atoms with E-state index in [4.69, 9.17) is 5.73 Å². The first-order valence-corrected chi connectivity index (χ1v) is 9.69. The van der Waals surface area contributed by atoms with Gasteiger partial charge in [0, 0.05) is 17.7 Å². The molecule has 0 radical (unpaired) electrons. The van der Waals surface area contributed by atoms with Crippen molar-refractivity contribution in [2.45, 2.75) is 45.1 Å². The number of amides is 1. The lowest BCUT2D eigenvalue weighted by Gasteiger charge is -2.30. The number of nitrogens with zero attached hydrogens (tertiary/aromatic N) is 2. The van der Waals surface area contributed by atoms with Crippen LogP contribution in [-0.4, -0.2) is 15.5 Å². The van der Waals surface area contributed by atoms with Gasteiger partial charge in [0.1, 0.15) is 11.9 Å². The van der Waals surface area contributed by atoms with Crippen molar-refractivity contribution in [3.8, 4) is 11.4 Å². The number of benzene rings is 2. The third-order valence-electron chi connectivity index (χ3n) is 5.71. The summed E-state index contributed by atoms with van der Waals surface area (Å²) in [5.74, 6) is -1.82. The molecule has 1 heterocycles. The van der Waals surface area contributed by atoms with E-state index in [0.29, 0.717) is 16.9 Å². The molecule has 0 saturated heterocycles. The zero-order valence-corrected chi connectivity index (χ0v) is 15.8. The number of primary amides is 1. The molecule has 1 fully saturated rings. The zero-order chi connectivity index (χ0) is 19.8. The summed E-state index contributed by atoms with van der Waals surface area (Å²) in [6, 6.07) is 9.25. The topological polar surface area (TPSA) is 60.9 Å². The summed E-state index contributed by atoms with van der Waals surface area (Å²) < 4.78 is 29.6. The van der Waals surface area contributed by atoms with Gasteiger partial charge in [-0.1, -0.05) is 49.1 Å². The van der Waals surface area contributed by atoms with Gasteiger partial charge in [0.25, 0.3) is 0 Å². The van der Waals surface area contributed by atoms with Crippen LogP contribution in [0.1, 0.15) is 43.7 Å². The fourth-order valence-corrected chi connectivity index (χ4v) is 4.30. The minimum atomic E-state index is -0.962. The summed E-state index contributed by atoms with van der Waals surface area (Å²) in [6.45, 7) is 1.98. The van der Waals surface area contributed by atoms with Gasteiger partial charge in [-0.3, -0.25) is 4.79 Å². The van der Waals surface area contributed by atoms with Crippen molar-refractivity contribution in [2.24, 2.45) is 11.7 Å². The van der Waals surface area contributed by atoms with Gasteiger partial charge in [0.05, 0.1) is 11.0 Å². The molecule has 1 atom stereocenters. The summed E-state index contributed by atoms with van der Waals surface area (Å²) >= 11 is 0. The quantitative estimate of drug-likeness (QED) is 0.697. The number of aromatic nitrogens is 2. The van der Waals surface area contributed by atoms with E-state index >= 15 is 0 Å². The van der Waals surface area contributed by atoms with E-state index in [1.165, 1.54) is 0 Å². The standard InChI is InChI=1S/C22H23F2N3O/c1-13-7-9-15(10-8-13)22-26-18-11-16(23)17(24)12-19(18)27(22)20(21(25)28)14-5-3-2-4-6-14/h7-12,14,20H,2-6H2,1H3,(H2,25,28). The van der Waals surface area contributed by atoms with Crippen LogP contribution in [0.2, 0.25) is 0 Å². The highest BCUT2D eigenvalue weighted by atomic mass is 19.2. The Morgan fingerprint density at radius 3 is 2.39 bits per heavy atom. The Labute approximate surface area is 162 Å². The number of halogens is 2. The zero-order valence-electron chi connectivity index (χ0n) is 15.8. The first-order valence-electron chi connectivity index (χ1n) is 9.69. The first-order chi connectivity index (χ1) is 13.5. The molecule has 1 aromatic heterocycles. The van der Waals surface area contributed by atoms with Crippen LogP contribution >= 0.6 is 0 Å². The molecule has 4 rings (SSSR count). The Morgan fingerprint density at radius 2 is 1.75 bits per heavy atom. The molecule has 3 aromatic rings. The Balaban J connectivity index is 1.97. The molecule has 1 aliphatic carbocycles. The largest absolute Gasteiger partial charge is 0.368 e. The molecule has 1 saturated carbocycles. The number of carbonyl (C=O) groups excluding carboxylic acids is 1. The number of aryl methyl sites for hydroxylation is 1. The lowest BCUT2D eigenvalue weighted by atomic mass is 9.83. The lowest BCUT2D eigenvalue weighted by Crippen LogP contribution is -2.34. The maximum absolute atomic E-state index is 14.1. The number of rotatable bonds is 4. The average molecular weight is 383 g/mol. The molecule has 2 aromatic carbocycles. The normalized spacial score (nSPS) is 16.4. The van der Waals surface area contributed by atoms with Crippen molar-refractivity contribution in [3.05, 3.63) is 53.6 Å². The predicted octanol–water partition coefficient (Wildman–Crippen LogP) is 4.90. The SMILES string of the molecule is Cc1ccc(-c2nc3cc(F)c(F)cc3n2C(C(N)=O)C2CCCCC2)cc1. The molecule has 1 unspecified atom stereocenters. The lowest BCUT2D eigenvalue weighted by molar-refractivity contribution is -0.122. The molecule has 28 heavy (non-hydrogen) atoms. The van der Waals surface area contributed by atoms with E-state index in [0.717, 1.165) is 55.4 Å². The monoisotopic (exact) mass is 383 g/mol. The van der Waals surface area contributed by atoms with E-state index in [2.05, 4.69) is 4.98 Å². The molecular weight excluding hydrogens is 360 g/mol. The second-order valence-electron chi connectivity index (χ2n) is 7.67. The van der Waals surface area contributed by atoms with Crippen LogP contribution in [-0.2, 0) is 4.79 Å². The average Bonchev–Trinajstić information content (AvgIpc) is 3.02. The van der Waals surface area contributed by atoms with Crippen LogP contribution in [0, 0.1) is 24.5 Å². The number of imidazole rings is 1. The summed E-state index contributed by atoms with van der Waals surface area (Å²) in [5.41, 5.74) is 8.41. The van der Waals surface area contributed by atoms with Crippen molar-refractivity contribution in [1.82, 2.24) is 9.55 Å². The molecule has 1 aliphatic rings. The van der Waals surface area contributed by atoms with Gasteiger partial charge >= 0.3 is 0 Å². The van der Waals surface area contributed by atoms with Crippen LogP contribution in [0.25, 0.3) is 22.4 Å². The minimum Gasteiger partial charge on any atom is -0.368 e. The third kappa shape index (κ3) is 3.28. The number of carbonyl (C=O) groups is 1. The molecular formula is C22H23F2N3O. The fourth-order valence-electron chi connectivity index (χ4n) is 4.30. The van der Waals surface area contributed by atoms with Crippen molar-refractivity contribution in [1.29, 1.82) is 0 Å². The Bertz CT molecular complexity index is 1020. The highest BCUT2D eigenvalue weighted by Crippen LogP contribution is 2.38. The second-order valence-corrected chi connectivity index (χ2v) is 7.67. The third-order valence-corrected chi connectivity index (χ3v) is 5.71. The summed E-state index contributed by atoms with van der Waals surface area (Å²) in [6.07, 6.45) is 4.96. The van der Waals surface area contributed by atoms with Crippen molar-refractivity contribution in [2.75, 3.05) is 0 Å². The molecule has 0 spiro atoms. The van der Waals surface area contributed by atoms with Crippen LogP contribution in [0.3, 0.4) is 0 Å². The molecule has 0 aliphatic heterocycles. The second kappa shape index (κ2) is 7.34. The van der Waals surface area contributed by atoms with Crippen LogP contribution in [0.4, 0.5) is 8.78 Å². The van der Waals surface area contributed by atoms with Crippen LogP contribution in [0.15, 0.2) is 36.4 Å². The van der Waals surface area contributed by atoms with Gasteiger partial charge in [0.2, 0.25) is 5.91 Å². The van der Waals surface area contributed by atoms with Crippen LogP contribution in [0.5, 0.6) is 0 Å². The predicted molar refractivity (Wildman–Crippen MR) is 105 cm³/mol. The van der Waals surface area contributed by atoms with E-state index in [1.54, 1.807) is 4.57 Å². The number of fused-ring (bicyclic) bond motifs is 1. The summed E-state index contributed by atoms with van der Waals surface area (Å²) in [7, 11) is 0. The highest BCUT2D eigenvalue weighted by molar-refractivity contribution is 5.86. The molecule has 2 N–H and O–H groups in total. The van der Waals surface area contributed by atoms with Crippen LogP contribution < -0.4 is 5.73 Å². The van der Waals surface area contributed by atoms with Gasteiger partial charge in [-0.2, -0.15) is 0 Å². The Morgan fingerprint density at radius 1 is 1.11 bits per heavy atom. The molecule has 4 nitrogen and oxygen atoms in total. The van der Waals surface area contributed by atoms with E-state index in [-0.39, 0.29) is 5.92 Å². The van der Waals surface area contributed by atoms with E-state index < -0.39 is 23.6 Å². The smallest absolute Gasteiger partial charge is 0.240 e. The van der Waals surface area contributed by atoms with E-state index in [1.807, 2.05) is 31.2 Å². The Hall–Kier alpha value is -2.76. The van der Waals surface area contributed by atoms with Crippen molar-refractivity contribution >= 4 is 16.9 Å². The van der Waals surface area contributed by atoms with Gasteiger partial charge in [-0.15, -0.1) is 0 Å². The number of nitrogens with two attached hydrogens (primary N) is 1. The highest BCUT2D eigenvalue weighted by Gasteiger charge is 2.33. The number of hydrogen-bond acceptors (Lipinski definition) is 2. The molecule has 0 bridgehead atoms. The van der Waals surface area contributed by atoms with Crippen molar-refractivity contribution in [3.63, 3.8) is 0 Å². The molecule has 1 amide bonds. The van der Waals surface area contributed by atoms with Gasteiger partial charge in [-0.25, -0.2) is 13.8 Å². The summed E-state index contributed by atoms with van der Waals surface area (Å²) in [4.78, 5) is 17.1. The molecule has 146 valence electrons. The van der Waals surface area contributed by atoms with Gasteiger partial charge < -0.3 is 10.3 Å². The fraction of sp³-hybridized carbons (Fsp3) is 0.364. The Kier molecular flexibility index (Phi) is 4.87.